The molecule has 5 nitrogen and oxygen atoms in total. The average Bonchev–Trinajstić information content (AvgIpc) is 3.20. The van der Waals surface area contributed by atoms with E-state index in [4.69, 9.17) is 11.6 Å². The molecule has 4 rings (SSSR count). The monoisotopic (exact) mass is 459 g/mol. The van der Waals surface area contributed by atoms with Crippen LogP contribution in [-0.4, -0.2) is 16.8 Å². The Labute approximate surface area is 194 Å². The number of fused-ring (bicyclic) bond motifs is 1. The van der Waals surface area contributed by atoms with Crippen LogP contribution in [0.5, 0.6) is 0 Å². The van der Waals surface area contributed by atoms with Crippen LogP contribution in [0.15, 0.2) is 60.7 Å². The van der Waals surface area contributed by atoms with Gasteiger partial charge in [-0.25, -0.2) is 4.98 Å². The first-order valence-electron chi connectivity index (χ1n) is 9.76. The topological polar surface area (TPSA) is 71.1 Å². The summed E-state index contributed by atoms with van der Waals surface area (Å²) in [5, 5.41) is 1.03. The molecule has 0 spiro atoms. The van der Waals surface area contributed by atoms with Gasteiger partial charge in [0.05, 0.1) is 20.8 Å². The minimum atomic E-state index is -0.482. The van der Waals surface area contributed by atoms with Crippen LogP contribution in [-0.2, 0) is 0 Å². The highest BCUT2D eigenvalue weighted by molar-refractivity contribution is 7.19. The highest BCUT2D eigenvalue weighted by atomic mass is 35.5. The summed E-state index contributed by atoms with van der Waals surface area (Å²) < 4.78 is 1.08. The first-order valence-corrected chi connectivity index (χ1v) is 11.0. The van der Waals surface area contributed by atoms with E-state index in [1.54, 1.807) is 37.3 Å². The zero-order chi connectivity index (χ0) is 22.7. The number of amides is 2. The number of aromatic nitrogens is 1. The van der Waals surface area contributed by atoms with Crippen LogP contribution in [0, 0.1) is 25.7 Å². The Bertz CT molecular complexity index is 1360. The van der Waals surface area contributed by atoms with Crippen molar-refractivity contribution in [1.29, 1.82) is 0 Å². The van der Waals surface area contributed by atoms with Crippen molar-refractivity contribution in [2.45, 2.75) is 13.8 Å². The Morgan fingerprint density at radius 1 is 0.906 bits per heavy atom. The SMILES string of the molecule is Cc1ccc(C(=O)NNC(=O)c2c(C)cccc2Cl)cc1C#Cc1nc2ccccc2s1. The number of aryl methyl sites for hydroxylation is 2. The number of hydrogen-bond acceptors (Lipinski definition) is 4. The number of carbonyl (C=O) groups excluding carboxylic acids is 2. The summed E-state index contributed by atoms with van der Waals surface area (Å²) in [5.74, 6) is 5.25. The normalized spacial score (nSPS) is 10.3. The summed E-state index contributed by atoms with van der Waals surface area (Å²) in [6, 6.07) is 18.2. The molecule has 2 amide bonds. The van der Waals surface area contributed by atoms with Crippen molar-refractivity contribution in [3.63, 3.8) is 0 Å². The van der Waals surface area contributed by atoms with Crippen molar-refractivity contribution in [1.82, 2.24) is 15.8 Å². The van der Waals surface area contributed by atoms with Crippen LogP contribution < -0.4 is 10.9 Å². The minimum Gasteiger partial charge on any atom is -0.267 e. The van der Waals surface area contributed by atoms with Gasteiger partial charge in [0.15, 0.2) is 5.01 Å². The molecule has 32 heavy (non-hydrogen) atoms. The molecule has 0 aliphatic rings. The van der Waals surface area contributed by atoms with Gasteiger partial charge in [-0.1, -0.05) is 47.9 Å². The van der Waals surface area contributed by atoms with E-state index in [0.717, 1.165) is 15.8 Å². The molecule has 0 radical (unpaired) electrons. The molecule has 0 bridgehead atoms. The van der Waals surface area contributed by atoms with E-state index in [1.807, 2.05) is 37.3 Å². The number of thiazole rings is 1. The average molecular weight is 460 g/mol. The maximum absolute atomic E-state index is 12.6. The molecule has 158 valence electrons. The summed E-state index contributed by atoms with van der Waals surface area (Å²) in [6.07, 6.45) is 0. The van der Waals surface area contributed by atoms with Gasteiger partial charge in [0.25, 0.3) is 11.8 Å². The molecule has 1 aromatic heterocycles. The standard InChI is InChI=1S/C25H18ClN3O2S/c1-15-10-11-18(24(30)28-29-25(31)23-16(2)6-5-7-19(23)26)14-17(15)12-13-22-27-20-8-3-4-9-21(20)32-22/h3-11,14H,1-2H3,(H,28,30)(H,29,31). The number of halogens is 1. The van der Waals surface area contributed by atoms with Gasteiger partial charge in [-0.3, -0.25) is 20.4 Å². The second-order valence-electron chi connectivity index (χ2n) is 7.11. The smallest absolute Gasteiger partial charge is 0.267 e. The Kier molecular flexibility index (Phi) is 6.22. The summed E-state index contributed by atoms with van der Waals surface area (Å²) >= 11 is 7.64. The number of para-hydroxylation sites is 1. The Morgan fingerprint density at radius 2 is 1.69 bits per heavy atom. The number of benzene rings is 3. The van der Waals surface area contributed by atoms with E-state index in [2.05, 4.69) is 27.7 Å². The van der Waals surface area contributed by atoms with Crippen LogP contribution in [0.2, 0.25) is 5.02 Å². The van der Waals surface area contributed by atoms with E-state index in [-0.39, 0.29) is 0 Å². The second-order valence-corrected chi connectivity index (χ2v) is 8.54. The minimum absolute atomic E-state index is 0.319. The van der Waals surface area contributed by atoms with Crippen LogP contribution in [0.1, 0.15) is 42.4 Å². The largest absolute Gasteiger partial charge is 0.271 e. The van der Waals surface area contributed by atoms with Crippen LogP contribution in [0.25, 0.3) is 10.2 Å². The Balaban J connectivity index is 1.50. The lowest BCUT2D eigenvalue weighted by Crippen LogP contribution is -2.42. The zero-order valence-corrected chi connectivity index (χ0v) is 18.9. The van der Waals surface area contributed by atoms with Crippen molar-refractivity contribution >= 4 is 45.0 Å². The van der Waals surface area contributed by atoms with Crippen molar-refractivity contribution in [2.75, 3.05) is 0 Å². The lowest BCUT2D eigenvalue weighted by Gasteiger charge is -2.11. The molecule has 0 fully saturated rings. The summed E-state index contributed by atoms with van der Waals surface area (Å²) in [7, 11) is 0. The van der Waals surface area contributed by atoms with Crippen molar-refractivity contribution < 1.29 is 9.59 Å². The molecule has 0 saturated heterocycles. The van der Waals surface area contributed by atoms with E-state index in [1.165, 1.54) is 11.3 Å². The maximum Gasteiger partial charge on any atom is 0.271 e. The van der Waals surface area contributed by atoms with E-state index in [9.17, 15) is 9.59 Å². The number of hydrogen-bond donors (Lipinski definition) is 2. The molecule has 0 aliphatic carbocycles. The third kappa shape index (κ3) is 4.65. The summed E-state index contributed by atoms with van der Waals surface area (Å²) in [6.45, 7) is 3.70. The quantitative estimate of drug-likeness (QED) is 0.326. The van der Waals surface area contributed by atoms with Crippen LogP contribution in [0.3, 0.4) is 0 Å². The van der Waals surface area contributed by atoms with Gasteiger partial charge in [-0.2, -0.15) is 0 Å². The van der Waals surface area contributed by atoms with Gasteiger partial charge in [0.1, 0.15) is 0 Å². The second kappa shape index (κ2) is 9.23. The lowest BCUT2D eigenvalue weighted by molar-refractivity contribution is 0.0846. The number of nitrogens with one attached hydrogen (secondary N) is 2. The van der Waals surface area contributed by atoms with Gasteiger partial charge < -0.3 is 0 Å². The molecule has 0 saturated carbocycles. The number of hydrazine groups is 1. The fraction of sp³-hybridized carbons (Fsp3) is 0.0800. The zero-order valence-electron chi connectivity index (χ0n) is 17.3. The molecule has 2 N–H and O–H groups in total. The van der Waals surface area contributed by atoms with Gasteiger partial charge in [-0.15, -0.1) is 11.3 Å². The molecule has 1 heterocycles. The van der Waals surface area contributed by atoms with E-state index >= 15 is 0 Å². The predicted octanol–water partition coefficient (Wildman–Crippen LogP) is 5.04. The third-order valence-corrected chi connectivity index (χ3v) is 6.10. The third-order valence-electron chi connectivity index (χ3n) is 4.84. The van der Waals surface area contributed by atoms with E-state index in [0.29, 0.717) is 32.3 Å². The maximum atomic E-state index is 12.6. The molecule has 0 aliphatic heterocycles. The first kappa shape index (κ1) is 21.6. The lowest BCUT2D eigenvalue weighted by atomic mass is 10.0. The Morgan fingerprint density at radius 3 is 2.47 bits per heavy atom. The van der Waals surface area contributed by atoms with Gasteiger partial charge in [-0.05, 0) is 61.2 Å². The number of rotatable bonds is 2. The van der Waals surface area contributed by atoms with Gasteiger partial charge >= 0.3 is 0 Å². The van der Waals surface area contributed by atoms with Crippen molar-refractivity contribution in [3.05, 3.63) is 98.5 Å². The first-order chi connectivity index (χ1) is 15.4. The molecular weight excluding hydrogens is 442 g/mol. The Hall–Kier alpha value is -3.66. The van der Waals surface area contributed by atoms with E-state index < -0.39 is 11.8 Å². The highest BCUT2D eigenvalue weighted by Gasteiger charge is 2.15. The van der Waals surface area contributed by atoms with Crippen molar-refractivity contribution in [3.8, 4) is 11.8 Å². The molecule has 0 unspecified atom stereocenters. The number of carbonyl (C=O) groups is 2. The molecule has 0 atom stereocenters. The van der Waals surface area contributed by atoms with Crippen LogP contribution in [0.4, 0.5) is 0 Å². The molecule has 3 aromatic carbocycles. The molecular formula is C25H18ClN3O2S. The fourth-order valence-corrected chi connectivity index (χ4v) is 4.24. The molecule has 4 aromatic rings. The van der Waals surface area contributed by atoms with Crippen LogP contribution >= 0.6 is 22.9 Å². The number of nitrogens with zero attached hydrogens (tertiary/aromatic N) is 1. The predicted molar refractivity (Wildman–Crippen MR) is 128 cm³/mol. The van der Waals surface area contributed by atoms with Crippen molar-refractivity contribution in [2.24, 2.45) is 0 Å². The highest BCUT2D eigenvalue weighted by Crippen LogP contribution is 2.21. The summed E-state index contributed by atoms with van der Waals surface area (Å²) in [5.41, 5.74) is 8.83. The molecule has 7 heteroatoms. The van der Waals surface area contributed by atoms with Gasteiger partial charge in [0.2, 0.25) is 0 Å². The fourth-order valence-electron chi connectivity index (χ4n) is 3.11. The van der Waals surface area contributed by atoms with Gasteiger partial charge in [0, 0.05) is 11.1 Å². The summed E-state index contributed by atoms with van der Waals surface area (Å²) in [4.78, 5) is 29.5.